The Morgan fingerprint density at radius 3 is 2.08 bits per heavy atom. The lowest BCUT2D eigenvalue weighted by Crippen LogP contribution is -2.60. The van der Waals surface area contributed by atoms with Crippen molar-refractivity contribution in [2.75, 3.05) is 13.1 Å². The van der Waals surface area contributed by atoms with Gasteiger partial charge in [0.2, 0.25) is 0 Å². The van der Waals surface area contributed by atoms with Gasteiger partial charge in [0.1, 0.15) is 5.60 Å². The van der Waals surface area contributed by atoms with Crippen LogP contribution < -0.4 is 0 Å². The molecule has 26 heavy (non-hydrogen) atoms. The number of piperazine rings is 1. The molecule has 0 aliphatic carbocycles. The summed E-state index contributed by atoms with van der Waals surface area (Å²) in [6.07, 6.45) is 0.318. The lowest BCUT2D eigenvalue weighted by atomic mass is 9.97. The minimum atomic E-state index is -3.46. The van der Waals surface area contributed by atoms with Crippen molar-refractivity contribution in [3.05, 3.63) is 12.2 Å². The van der Waals surface area contributed by atoms with E-state index in [9.17, 15) is 18.4 Å². The van der Waals surface area contributed by atoms with Crippen LogP contribution in [0.25, 0.3) is 0 Å². The average molecular weight is 372 g/mol. The van der Waals surface area contributed by atoms with E-state index in [4.69, 9.17) is 4.74 Å². The van der Waals surface area contributed by atoms with Gasteiger partial charge >= 0.3 is 12.0 Å². The monoisotopic (exact) mass is 372 g/mol. The highest BCUT2D eigenvalue weighted by atomic mass is 19.3. The third kappa shape index (κ3) is 4.54. The second-order valence-corrected chi connectivity index (χ2v) is 8.68. The molecule has 0 aromatic rings. The van der Waals surface area contributed by atoms with E-state index < -0.39 is 29.9 Å². The first-order chi connectivity index (χ1) is 11.8. The Balaban J connectivity index is 2.05. The van der Waals surface area contributed by atoms with Gasteiger partial charge in [0.05, 0.1) is 12.1 Å². The van der Waals surface area contributed by atoms with Crippen LogP contribution in [0, 0.1) is 5.92 Å². The number of halogens is 2. The number of alkyl halides is 2. The fourth-order valence-electron chi connectivity index (χ4n) is 3.48. The number of nitrogens with zero attached hydrogens (tertiary/aromatic N) is 2. The molecule has 2 aliphatic rings. The summed E-state index contributed by atoms with van der Waals surface area (Å²) < 4.78 is 34.2. The van der Waals surface area contributed by atoms with E-state index >= 15 is 0 Å². The summed E-state index contributed by atoms with van der Waals surface area (Å²) in [5.41, 5.74) is -0.257. The van der Waals surface area contributed by atoms with Crippen molar-refractivity contribution in [3.63, 3.8) is 0 Å². The van der Waals surface area contributed by atoms with Gasteiger partial charge in [-0.05, 0) is 39.5 Å². The number of amides is 2. The van der Waals surface area contributed by atoms with Crippen molar-refractivity contribution >= 4 is 12.0 Å². The number of carbonyl (C=O) groups is 2. The maximum atomic E-state index is 14.4. The van der Waals surface area contributed by atoms with Crippen molar-refractivity contribution in [1.29, 1.82) is 0 Å². The first-order valence-electron chi connectivity index (χ1n) is 9.18. The smallest absolute Gasteiger partial charge is 0.410 e. The number of likely N-dealkylation sites (tertiary alicyclic amines) is 1. The second kappa shape index (κ2) is 7.16. The fourth-order valence-corrected chi connectivity index (χ4v) is 3.48. The number of hydrogen-bond donors (Lipinski definition) is 0. The van der Waals surface area contributed by atoms with E-state index in [0.29, 0.717) is 18.4 Å². The average Bonchev–Trinajstić information content (AvgIpc) is 2.75. The number of fused-ring (bicyclic) bond motifs is 2. The summed E-state index contributed by atoms with van der Waals surface area (Å²) in [7, 11) is 0. The van der Waals surface area contributed by atoms with Crippen molar-refractivity contribution in [2.24, 2.45) is 5.92 Å². The van der Waals surface area contributed by atoms with Gasteiger partial charge in [0.25, 0.3) is 5.91 Å². The Kier molecular flexibility index (Phi) is 5.69. The van der Waals surface area contributed by atoms with Crippen molar-refractivity contribution in [2.45, 2.75) is 77.5 Å². The van der Waals surface area contributed by atoms with Crippen molar-refractivity contribution in [1.82, 2.24) is 9.80 Å². The Labute approximate surface area is 154 Å². The van der Waals surface area contributed by atoms with Crippen molar-refractivity contribution in [3.8, 4) is 0 Å². The largest absolute Gasteiger partial charge is 0.444 e. The predicted molar refractivity (Wildman–Crippen MR) is 95.0 cm³/mol. The molecule has 0 N–H and O–H groups in total. The van der Waals surface area contributed by atoms with Gasteiger partial charge in [-0.3, -0.25) is 9.69 Å². The van der Waals surface area contributed by atoms with E-state index in [0.717, 1.165) is 0 Å². The number of ether oxygens (including phenoxy) is 1. The minimum absolute atomic E-state index is 0.103. The zero-order valence-corrected chi connectivity index (χ0v) is 16.3. The summed E-state index contributed by atoms with van der Waals surface area (Å²) in [5, 5.41) is 0. The molecular formula is C19H30F2N2O3. The second-order valence-electron chi connectivity index (χ2n) is 8.68. The molecule has 5 nitrogen and oxygen atoms in total. The maximum Gasteiger partial charge on any atom is 0.410 e. The Morgan fingerprint density at radius 1 is 1.15 bits per heavy atom. The summed E-state index contributed by atoms with van der Waals surface area (Å²) in [5.74, 6) is -4.73. The topological polar surface area (TPSA) is 49.9 Å². The SMILES string of the molecule is C=C(CC(F)(F)C(=O)N1CC2CCC(C1)N2C(=O)OC(C)(C)C)C(C)C. The molecule has 0 aromatic heterocycles. The maximum absolute atomic E-state index is 14.4. The molecule has 0 aromatic carbocycles. The van der Waals surface area contributed by atoms with Gasteiger partial charge in [0.15, 0.2) is 0 Å². The van der Waals surface area contributed by atoms with Crippen molar-refractivity contribution < 1.29 is 23.1 Å². The molecule has 2 bridgehead atoms. The van der Waals surface area contributed by atoms with Crippen LogP contribution in [0.1, 0.15) is 53.9 Å². The van der Waals surface area contributed by atoms with Crippen LogP contribution in [0.3, 0.4) is 0 Å². The lowest BCUT2D eigenvalue weighted by molar-refractivity contribution is -0.160. The van der Waals surface area contributed by atoms with E-state index in [1.165, 1.54) is 4.90 Å². The number of rotatable bonds is 4. The lowest BCUT2D eigenvalue weighted by Gasteiger charge is -2.42. The zero-order chi connectivity index (χ0) is 19.9. The predicted octanol–water partition coefficient (Wildman–Crippen LogP) is 3.83. The summed E-state index contributed by atoms with van der Waals surface area (Å²) in [4.78, 5) is 27.6. The number of carbonyl (C=O) groups excluding carboxylic acids is 2. The third-order valence-electron chi connectivity index (χ3n) is 4.95. The molecule has 2 atom stereocenters. The van der Waals surface area contributed by atoms with Crippen LogP contribution in [0.2, 0.25) is 0 Å². The normalized spacial score (nSPS) is 23.4. The molecule has 2 saturated heterocycles. The van der Waals surface area contributed by atoms with Gasteiger partial charge in [-0.2, -0.15) is 8.78 Å². The minimum Gasteiger partial charge on any atom is -0.444 e. The van der Waals surface area contributed by atoms with Gasteiger partial charge in [0, 0.05) is 19.5 Å². The zero-order valence-electron chi connectivity index (χ0n) is 16.3. The summed E-state index contributed by atoms with van der Waals surface area (Å²) in [6, 6.07) is -0.534. The molecule has 2 rings (SSSR count). The molecule has 0 radical (unpaired) electrons. The summed E-state index contributed by atoms with van der Waals surface area (Å²) >= 11 is 0. The van der Waals surface area contributed by atoms with Crippen LogP contribution in [-0.2, 0) is 9.53 Å². The fraction of sp³-hybridized carbons (Fsp3) is 0.789. The molecule has 2 fully saturated rings. The van der Waals surface area contributed by atoms with E-state index in [-0.39, 0.29) is 31.1 Å². The van der Waals surface area contributed by atoms with Gasteiger partial charge < -0.3 is 9.64 Å². The number of allylic oxidation sites excluding steroid dienone is 1. The molecule has 7 heteroatoms. The highest BCUT2D eigenvalue weighted by Crippen LogP contribution is 2.35. The quantitative estimate of drug-likeness (QED) is 0.705. The van der Waals surface area contributed by atoms with Crippen LogP contribution in [-0.4, -0.2) is 58.5 Å². The van der Waals surface area contributed by atoms with E-state index in [1.54, 1.807) is 39.5 Å². The Hall–Kier alpha value is -1.66. The molecule has 2 amide bonds. The molecule has 2 unspecified atom stereocenters. The van der Waals surface area contributed by atoms with Crippen LogP contribution >= 0.6 is 0 Å². The Bertz CT molecular complexity index is 570. The van der Waals surface area contributed by atoms with Crippen LogP contribution in [0.5, 0.6) is 0 Å². The first-order valence-corrected chi connectivity index (χ1v) is 9.18. The molecule has 2 aliphatic heterocycles. The molecule has 2 heterocycles. The molecular weight excluding hydrogens is 342 g/mol. The van der Waals surface area contributed by atoms with Gasteiger partial charge in [-0.15, -0.1) is 0 Å². The Morgan fingerprint density at radius 2 is 1.65 bits per heavy atom. The first kappa shape index (κ1) is 20.6. The van der Waals surface area contributed by atoms with Crippen LogP contribution in [0.4, 0.5) is 13.6 Å². The molecule has 148 valence electrons. The molecule has 0 saturated carbocycles. The molecule has 0 spiro atoms. The van der Waals surface area contributed by atoms with Gasteiger partial charge in [-0.25, -0.2) is 4.79 Å². The van der Waals surface area contributed by atoms with Crippen LogP contribution in [0.15, 0.2) is 12.2 Å². The highest BCUT2D eigenvalue weighted by molar-refractivity contribution is 5.84. The highest BCUT2D eigenvalue weighted by Gasteiger charge is 2.50. The van der Waals surface area contributed by atoms with E-state index in [2.05, 4.69) is 6.58 Å². The van der Waals surface area contributed by atoms with E-state index in [1.807, 2.05) is 0 Å². The van der Waals surface area contributed by atoms with Gasteiger partial charge in [-0.1, -0.05) is 26.0 Å². The third-order valence-corrected chi connectivity index (χ3v) is 4.95. The standard InChI is InChI=1S/C19H30F2N2O3/c1-12(2)13(3)9-19(20,21)16(24)22-10-14-7-8-15(11-22)23(14)17(25)26-18(4,5)6/h12,14-15H,3,7-11H2,1-2,4-6H3. The number of hydrogen-bond acceptors (Lipinski definition) is 3. The summed E-state index contributed by atoms with van der Waals surface area (Å²) in [6.45, 7) is 12.8.